The minimum absolute atomic E-state index is 0.649. The van der Waals surface area contributed by atoms with Crippen molar-refractivity contribution in [3.8, 4) is 6.07 Å². The van der Waals surface area contributed by atoms with Gasteiger partial charge in [-0.15, -0.1) is 0 Å². The van der Waals surface area contributed by atoms with Gasteiger partial charge in [0.15, 0.2) is 0 Å². The fraction of sp³-hybridized carbons (Fsp3) is 0.167. The molecule has 0 radical (unpaired) electrons. The Hall–Kier alpha value is -1.25. The van der Waals surface area contributed by atoms with Gasteiger partial charge in [-0.05, 0) is 47.1 Å². The standard InChI is InChI=1S/C12H10BrN3S/c1-8-5-12(16(2)15-8)17-10-4-3-9(7-14)11(13)6-10/h3-6H,1-2H3. The minimum atomic E-state index is 0.649. The zero-order chi connectivity index (χ0) is 12.4. The molecule has 0 N–H and O–H groups in total. The average Bonchev–Trinajstić information content (AvgIpc) is 2.58. The molecule has 0 aliphatic carbocycles. The number of halogens is 1. The van der Waals surface area contributed by atoms with Crippen molar-refractivity contribution in [1.29, 1.82) is 5.26 Å². The van der Waals surface area contributed by atoms with Gasteiger partial charge in [-0.2, -0.15) is 10.4 Å². The van der Waals surface area contributed by atoms with Crippen LogP contribution in [0.3, 0.4) is 0 Å². The lowest BCUT2D eigenvalue weighted by Gasteiger charge is -2.03. The lowest BCUT2D eigenvalue weighted by molar-refractivity contribution is 0.692. The van der Waals surface area contributed by atoms with Gasteiger partial charge in [0.05, 0.1) is 16.3 Å². The summed E-state index contributed by atoms with van der Waals surface area (Å²) in [6, 6.07) is 9.87. The molecule has 1 aromatic heterocycles. The predicted molar refractivity (Wildman–Crippen MR) is 70.9 cm³/mol. The van der Waals surface area contributed by atoms with Gasteiger partial charge < -0.3 is 0 Å². The molecule has 86 valence electrons. The van der Waals surface area contributed by atoms with E-state index in [1.54, 1.807) is 11.8 Å². The Morgan fingerprint density at radius 1 is 1.41 bits per heavy atom. The molecule has 1 heterocycles. The lowest BCUT2D eigenvalue weighted by atomic mass is 10.2. The van der Waals surface area contributed by atoms with Crippen LogP contribution in [0.5, 0.6) is 0 Å². The van der Waals surface area contributed by atoms with Crippen molar-refractivity contribution in [3.05, 3.63) is 40.0 Å². The Labute approximate surface area is 113 Å². The summed E-state index contributed by atoms with van der Waals surface area (Å²) in [5.74, 6) is 0. The first-order chi connectivity index (χ1) is 8.10. The third kappa shape index (κ3) is 2.71. The molecule has 17 heavy (non-hydrogen) atoms. The fourth-order valence-corrected chi connectivity index (χ4v) is 3.03. The third-order valence-electron chi connectivity index (χ3n) is 2.24. The van der Waals surface area contributed by atoms with E-state index in [0.717, 1.165) is 20.1 Å². The zero-order valence-electron chi connectivity index (χ0n) is 9.44. The van der Waals surface area contributed by atoms with E-state index >= 15 is 0 Å². The Morgan fingerprint density at radius 2 is 2.18 bits per heavy atom. The highest BCUT2D eigenvalue weighted by atomic mass is 79.9. The zero-order valence-corrected chi connectivity index (χ0v) is 11.8. The van der Waals surface area contributed by atoms with Crippen LogP contribution in [-0.4, -0.2) is 9.78 Å². The molecule has 0 bridgehead atoms. The largest absolute Gasteiger partial charge is 0.262 e. The molecule has 0 amide bonds. The van der Waals surface area contributed by atoms with Gasteiger partial charge in [0, 0.05) is 16.4 Å². The minimum Gasteiger partial charge on any atom is -0.262 e. The van der Waals surface area contributed by atoms with Crippen molar-refractivity contribution >= 4 is 27.7 Å². The quantitative estimate of drug-likeness (QED) is 0.852. The Morgan fingerprint density at radius 3 is 2.71 bits per heavy atom. The van der Waals surface area contributed by atoms with Gasteiger partial charge >= 0.3 is 0 Å². The van der Waals surface area contributed by atoms with Crippen molar-refractivity contribution in [2.24, 2.45) is 7.05 Å². The maximum Gasteiger partial charge on any atom is 0.100 e. The van der Waals surface area contributed by atoms with Crippen LogP contribution >= 0.6 is 27.7 Å². The summed E-state index contributed by atoms with van der Waals surface area (Å²) in [4.78, 5) is 1.08. The van der Waals surface area contributed by atoms with Gasteiger partial charge in [0.25, 0.3) is 0 Å². The van der Waals surface area contributed by atoms with Crippen molar-refractivity contribution in [2.45, 2.75) is 16.8 Å². The number of nitrogens with zero attached hydrogens (tertiary/aromatic N) is 3. The monoisotopic (exact) mass is 307 g/mol. The molecular formula is C12H10BrN3S. The second kappa shape index (κ2) is 4.94. The molecule has 0 spiro atoms. The molecule has 3 nitrogen and oxygen atoms in total. The number of hydrogen-bond acceptors (Lipinski definition) is 3. The second-order valence-electron chi connectivity index (χ2n) is 3.60. The van der Waals surface area contributed by atoms with Crippen molar-refractivity contribution < 1.29 is 0 Å². The van der Waals surface area contributed by atoms with Crippen LogP contribution in [0.25, 0.3) is 0 Å². The van der Waals surface area contributed by atoms with E-state index in [0.29, 0.717) is 5.56 Å². The van der Waals surface area contributed by atoms with Gasteiger partial charge in [-0.3, -0.25) is 4.68 Å². The number of nitriles is 1. The van der Waals surface area contributed by atoms with Crippen LogP contribution in [0.15, 0.2) is 38.7 Å². The van der Waals surface area contributed by atoms with Crippen LogP contribution in [0.4, 0.5) is 0 Å². The highest BCUT2D eigenvalue weighted by molar-refractivity contribution is 9.10. The summed E-state index contributed by atoms with van der Waals surface area (Å²) in [5, 5.41) is 14.2. The predicted octanol–water partition coefficient (Wildman–Crippen LogP) is 3.51. The Balaban J connectivity index is 2.28. The first-order valence-electron chi connectivity index (χ1n) is 4.98. The summed E-state index contributed by atoms with van der Waals surface area (Å²) in [5.41, 5.74) is 1.65. The topological polar surface area (TPSA) is 41.6 Å². The van der Waals surface area contributed by atoms with E-state index in [4.69, 9.17) is 5.26 Å². The van der Waals surface area contributed by atoms with Gasteiger partial charge in [-0.25, -0.2) is 0 Å². The summed E-state index contributed by atoms with van der Waals surface area (Å²) in [6.45, 7) is 1.97. The van der Waals surface area contributed by atoms with E-state index in [1.807, 2.05) is 42.9 Å². The first kappa shape index (κ1) is 12.2. The second-order valence-corrected chi connectivity index (χ2v) is 5.55. The SMILES string of the molecule is Cc1cc(Sc2ccc(C#N)c(Br)c2)n(C)n1. The van der Waals surface area contributed by atoms with Gasteiger partial charge in [0.2, 0.25) is 0 Å². The fourth-order valence-electron chi connectivity index (χ4n) is 1.45. The molecule has 0 saturated heterocycles. The molecule has 0 saturated carbocycles. The van der Waals surface area contributed by atoms with Crippen LogP contribution in [0.2, 0.25) is 0 Å². The maximum absolute atomic E-state index is 8.85. The Bertz CT molecular complexity index is 598. The van der Waals surface area contributed by atoms with Crippen LogP contribution < -0.4 is 0 Å². The smallest absolute Gasteiger partial charge is 0.100 e. The molecule has 0 aliphatic rings. The Kier molecular flexibility index (Phi) is 3.55. The number of benzene rings is 1. The highest BCUT2D eigenvalue weighted by Gasteiger charge is 2.06. The maximum atomic E-state index is 8.85. The normalized spacial score (nSPS) is 10.2. The van der Waals surface area contributed by atoms with Gasteiger partial charge in [0.1, 0.15) is 6.07 Å². The molecule has 2 rings (SSSR count). The molecule has 0 aliphatic heterocycles. The molecular weight excluding hydrogens is 298 g/mol. The molecule has 2 aromatic rings. The first-order valence-corrected chi connectivity index (χ1v) is 6.59. The van der Waals surface area contributed by atoms with Crippen LogP contribution in [-0.2, 0) is 7.05 Å². The number of aromatic nitrogens is 2. The third-order valence-corrected chi connectivity index (χ3v) is 3.98. The molecule has 0 fully saturated rings. The molecule has 0 atom stereocenters. The summed E-state index contributed by atoms with van der Waals surface area (Å²) < 4.78 is 2.68. The average molecular weight is 308 g/mol. The summed E-state index contributed by atoms with van der Waals surface area (Å²) in [7, 11) is 1.92. The highest BCUT2D eigenvalue weighted by Crippen LogP contribution is 2.30. The van der Waals surface area contributed by atoms with Crippen LogP contribution in [0.1, 0.15) is 11.3 Å². The van der Waals surface area contributed by atoms with Gasteiger partial charge in [-0.1, -0.05) is 11.8 Å². The van der Waals surface area contributed by atoms with Crippen molar-refractivity contribution in [3.63, 3.8) is 0 Å². The lowest BCUT2D eigenvalue weighted by Crippen LogP contribution is -1.92. The number of hydrogen-bond donors (Lipinski definition) is 0. The number of rotatable bonds is 2. The molecule has 0 unspecified atom stereocenters. The number of aryl methyl sites for hydroxylation is 2. The van der Waals surface area contributed by atoms with Crippen molar-refractivity contribution in [1.82, 2.24) is 9.78 Å². The van der Waals surface area contributed by atoms with Crippen molar-refractivity contribution in [2.75, 3.05) is 0 Å². The molecule has 1 aromatic carbocycles. The molecule has 5 heteroatoms. The summed E-state index contributed by atoms with van der Waals surface area (Å²) in [6.07, 6.45) is 0. The van der Waals surface area contributed by atoms with E-state index in [-0.39, 0.29) is 0 Å². The van der Waals surface area contributed by atoms with E-state index in [1.165, 1.54) is 0 Å². The summed E-state index contributed by atoms with van der Waals surface area (Å²) >= 11 is 5.02. The van der Waals surface area contributed by atoms with E-state index in [2.05, 4.69) is 27.1 Å². The van der Waals surface area contributed by atoms with E-state index < -0.39 is 0 Å². The van der Waals surface area contributed by atoms with Crippen LogP contribution in [0, 0.1) is 18.3 Å². The van der Waals surface area contributed by atoms with E-state index in [9.17, 15) is 0 Å².